The summed E-state index contributed by atoms with van der Waals surface area (Å²) in [6.45, 7) is 0. The second-order valence-corrected chi connectivity index (χ2v) is 25.7. The van der Waals surface area contributed by atoms with Gasteiger partial charge in [-0.05, 0) is 75.8 Å². The van der Waals surface area contributed by atoms with E-state index in [4.69, 9.17) is 29.9 Å². The number of benzene rings is 13. The molecule has 0 saturated carbocycles. The van der Waals surface area contributed by atoms with E-state index in [1.165, 1.54) is 62.6 Å². The van der Waals surface area contributed by atoms with Crippen molar-refractivity contribution in [3.8, 4) is 102 Å². The number of nitrogens with zero attached hydrogens (tertiary/aromatic N) is 8. The van der Waals surface area contributed by atoms with Crippen LogP contribution in [-0.4, -0.2) is 39.0 Å². The van der Waals surface area contributed by atoms with Crippen LogP contribution in [0.15, 0.2) is 303 Å². The summed E-state index contributed by atoms with van der Waals surface area (Å²) in [5.74, 6) is 3.57. The minimum absolute atomic E-state index is 0.552. The molecular formula is C84H50N8S2. The van der Waals surface area contributed by atoms with E-state index in [0.29, 0.717) is 35.1 Å². The first-order chi connectivity index (χ1) is 46.6. The topological polar surface area (TPSA) is 87.2 Å². The summed E-state index contributed by atoms with van der Waals surface area (Å²) in [6.07, 6.45) is 0. The molecule has 6 aromatic heterocycles. The van der Waals surface area contributed by atoms with Gasteiger partial charge in [0, 0.05) is 86.0 Å². The number of hydrogen-bond acceptors (Lipinski definition) is 8. The third-order valence-electron chi connectivity index (χ3n) is 18.3. The van der Waals surface area contributed by atoms with Crippen LogP contribution in [0.4, 0.5) is 0 Å². The van der Waals surface area contributed by atoms with Gasteiger partial charge in [-0.2, -0.15) is 9.97 Å². The summed E-state index contributed by atoms with van der Waals surface area (Å²) in [6, 6.07) is 107. The summed E-state index contributed by atoms with van der Waals surface area (Å²) in [5, 5.41) is 9.46. The minimum atomic E-state index is 0.552. The Morgan fingerprint density at radius 1 is 0.223 bits per heavy atom. The van der Waals surface area contributed by atoms with Crippen molar-refractivity contribution >= 4 is 107 Å². The Morgan fingerprint density at radius 2 is 0.596 bits per heavy atom. The third kappa shape index (κ3) is 8.72. The highest BCUT2D eigenvalue weighted by Crippen LogP contribution is 2.49. The molecule has 0 atom stereocenters. The van der Waals surface area contributed by atoms with Gasteiger partial charge >= 0.3 is 0 Å². The predicted molar refractivity (Wildman–Crippen MR) is 391 cm³/mol. The number of rotatable bonds is 10. The first kappa shape index (κ1) is 53.7. The molecule has 0 spiro atoms. The molecule has 6 heterocycles. The zero-order chi connectivity index (χ0) is 61.8. The maximum absolute atomic E-state index is 5.57. The molecule has 0 saturated heterocycles. The van der Waals surface area contributed by atoms with Crippen LogP contribution in [0.5, 0.6) is 0 Å². The molecule has 0 bridgehead atoms. The van der Waals surface area contributed by atoms with Crippen LogP contribution in [0.2, 0.25) is 0 Å². The van der Waals surface area contributed by atoms with Crippen LogP contribution in [0.25, 0.3) is 186 Å². The molecule has 438 valence electrons. The third-order valence-corrected chi connectivity index (χ3v) is 20.8. The fraction of sp³-hybridized carbons (Fsp3) is 0. The Bertz CT molecular complexity index is 6140. The zero-order valence-electron chi connectivity index (χ0n) is 50.3. The monoisotopic (exact) mass is 1230 g/mol. The Hall–Kier alpha value is -12.1. The molecule has 10 heteroatoms. The molecule has 19 aromatic rings. The Balaban J connectivity index is 0.806. The van der Waals surface area contributed by atoms with Crippen LogP contribution in [-0.2, 0) is 0 Å². The van der Waals surface area contributed by atoms with Gasteiger partial charge in [0.05, 0.1) is 31.5 Å². The second kappa shape index (κ2) is 21.8. The van der Waals surface area contributed by atoms with Crippen molar-refractivity contribution in [3.05, 3.63) is 303 Å². The summed E-state index contributed by atoms with van der Waals surface area (Å²) in [4.78, 5) is 31.6. The Morgan fingerprint density at radius 3 is 1.15 bits per heavy atom. The molecule has 0 N–H and O–H groups in total. The Kier molecular flexibility index (Phi) is 12.5. The largest absolute Gasteiger partial charge is 0.308 e. The molecule has 0 amide bonds. The van der Waals surface area contributed by atoms with Gasteiger partial charge < -0.3 is 4.57 Å². The lowest BCUT2D eigenvalue weighted by atomic mass is 9.97. The van der Waals surface area contributed by atoms with E-state index in [1.54, 1.807) is 0 Å². The van der Waals surface area contributed by atoms with Crippen LogP contribution in [0.1, 0.15) is 0 Å². The van der Waals surface area contributed by atoms with Crippen molar-refractivity contribution in [2.75, 3.05) is 0 Å². The first-order valence-corrected chi connectivity index (χ1v) is 33.1. The Labute approximate surface area is 547 Å². The number of hydrogen-bond donors (Lipinski definition) is 0. The smallest absolute Gasteiger partial charge is 0.238 e. The molecule has 0 radical (unpaired) electrons. The van der Waals surface area contributed by atoms with Crippen molar-refractivity contribution in [2.45, 2.75) is 0 Å². The summed E-state index contributed by atoms with van der Waals surface area (Å²) >= 11 is 3.71. The maximum atomic E-state index is 5.57. The van der Waals surface area contributed by atoms with Crippen molar-refractivity contribution in [1.82, 2.24) is 39.0 Å². The van der Waals surface area contributed by atoms with Gasteiger partial charge in [0.2, 0.25) is 5.95 Å². The van der Waals surface area contributed by atoms with Crippen LogP contribution < -0.4 is 0 Å². The molecule has 0 aliphatic carbocycles. The van der Waals surface area contributed by atoms with Gasteiger partial charge in [0.25, 0.3) is 0 Å². The van der Waals surface area contributed by atoms with Crippen molar-refractivity contribution in [1.29, 1.82) is 0 Å². The molecule has 0 aliphatic heterocycles. The van der Waals surface area contributed by atoms with Gasteiger partial charge in [0.1, 0.15) is 0 Å². The number of aromatic nitrogens is 8. The van der Waals surface area contributed by atoms with Crippen molar-refractivity contribution < 1.29 is 0 Å². The minimum Gasteiger partial charge on any atom is -0.308 e. The van der Waals surface area contributed by atoms with Gasteiger partial charge in [0.15, 0.2) is 29.1 Å². The second-order valence-electron chi connectivity index (χ2n) is 23.7. The molecule has 8 nitrogen and oxygen atoms in total. The number of thiophene rings is 2. The van der Waals surface area contributed by atoms with E-state index in [9.17, 15) is 0 Å². The molecule has 19 rings (SSSR count). The lowest BCUT2D eigenvalue weighted by molar-refractivity contribution is 0.955. The van der Waals surface area contributed by atoms with Crippen molar-refractivity contribution in [2.24, 2.45) is 0 Å². The molecular weight excluding hydrogens is 1190 g/mol. The van der Waals surface area contributed by atoms with Gasteiger partial charge in [-0.1, -0.05) is 261 Å². The van der Waals surface area contributed by atoms with Crippen molar-refractivity contribution in [3.63, 3.8) is 0 Å². The first-order valence-electron chi connectivity index (χ1n) is 31.4. The molecule has 13 aromatic carbocycles. The summed E-state index contributed by atoms with van der Waals surface area (Å²) < 4.78 is 9.65. The standard InChI is InChI=1S/C84H50N8S2/c1-6-22-51(23-7-1)61-36-19-38-65-67-47-46-64-63-34-16-17-40-70(63)92(73(64)77(67)93-75(61)65)84-89-82(55-30-14-5-15-31-55)88-83(90-84)58-33-18-32-57(50-58)60-35-21-41-71-72(60)69-49-48-68-66-39-20-37-62(52-24-8-2-9-25-52)76(66)94-78(68)74(69)91(71)59-44-42-56(43-45-59)81-86-79(53-26-10-3-11-27-53)85-80(87-81)54-28-12-4-13-29-54/h1-50H. The van der Waals surface area contributed by atoms with Crippen LogP contribution in [0.3, 0.4) is 0 Å². The average Bonchev–Trinajstić information content (AvgIpc) is 1.56. The zero-order valence-corrected chi connectivity index (χ0v) is 51.9. The fourth-order valence-corrected chi connectivity index (χ4v) is 16.7. The summed E-state index contributed by atoms with van der Waals surface area (Å²) in [7, 11) is 0. The lowest BCUT2D eigenvalue weighted by Crippen LogP contribution is -2.06. The highest BCUT2D eigenvalue weighted by molar-refractivity contribution is 7.27. The van der Waals surface area contributed by atoms with Crippen LogP contribution >= 0.6 is 22.7 Å². The maximum Gasteiger partial charge on any atom is 0.238 e. The van der Waals surface area contributed by atoms with Gasteiger partial charge in [-0.3, -0.25) is 4.57 Å². The molecule has 94 heavy (non-hydrogen) atoms. The highest BCUT2D eigenvalue weighted by atomic mass is 32.1. The van der Waals surface area contributed by atoms with E-state index in [1.807, 2.05) is 102 Å². The fourth-order valence-electron chi connectivity index (χ4n) is 13.9. The number of para-hydroxylation sites is 1. The van der Waals surface area contributed by atoms with Gasteiger partial charge in [-0.25, -0.2) is 19.9 Å². The van der Waals surface area contributed by atoms with Gasteiger partial charge in [-0.15, -0.1) is 22.7 Å². The van der Waals surface area contributed by atoms with Crippen LogP contribution in [0, 0.1) is 0 Å². The van der Waals surface area contributed by atoms with E-state index < -0.39 is 0 Å². The van der Waals surface area contributed by atoms with E-state index >= 15 is 0 Å². The average molecular weight is 1240 g/mol. The predicted octanol–water partition coefficient (Wildman–Crippen LogP) is 22.3. The van der Waals surface area contributed by atoms with E-state index in [-0.39, 0.29) is 0 Å². The van der Waals surface area contributed by atoms with E-state index in [0.717, 1.165) is 88.2 Å². The molecule has 0 unspecified atom stereocenters. The van der Waals surface area contributed by atoms with E-state index in [2.05, 4.69) is 234 Å². The summed E-state index contributed by atoms with van der Waals surface area (Å²) in [5.41, 5.74) is 16.8. The molecule has 0 aliphatic rings. The molecule has 0 fully saturated rings. The quantitative estimate of drug-likeness (QED) is 0.136. The normalized spacial score (nSPS) is 11.8. The SMILES string of the molecule is c1ccc(-c2nc(-c3ccccc3)nc(-c3ccc(-n4c5cccc(-c6cccc(-c7nc(-c8ccccc8)nc(-n8c9ccccc9c9ccc%10c%11cccc(-c%12ccccc%12)c%11sc%10c98)n7)c6)c5c5ccc6c7cccc(-c8ccccc8)c7sc6c54)cc3)n2)cc1. The number of fused-ring (bicyclic) bond motifs is 14. The highest BCUT2D eigenvalue weighted by Gasteiger charge is 2.25. The lowest BCUT2D eigenvalue weighted by Gasteiger charge is -2.12.